The van der Waals surface area contributed by atoms with Crippen LogP contribution in [-0.2, 0) is 4.74 Å². The van der Waals surface area contributed by atoms with Gasteiger partial charge < -0.3 is 9.64 Å². The van der Waals surface area contributed by atoms with Gasteiger partial charge in [0.2, 0.25) is 0 Å². The maximum Gasteiger partial charge on any atom is 0.410 e. The fourth-order valence-electron chi connectivity index (χ4n) is 3.52. The minimum absolute atomic E-state index is 0.136. The van der Waals surface area contributed by atoms with Crippen molar-refractivity contribution in [1.29, 1.82) is 0 Å². The summed E-state index contributed by atoms with van der Waals surface area (Å²) in [5.74, 6) is 0.832. The van der Waals surface area contributed by atoms with E-state index >= 15 is 0 Å². The highest BCUT2D eigenvalue weighted by Gasteiger charge is 2.43. The average molecular weight is 253 g/mol. The van der Waals surface area contributed by atoms with E-state index < -0.39 is 0 Å². The fourth-order valence-corrected chi connectivity index (χ4v) is 3.52. The zero-order valence-electron chi connectivity index (χ0n) is 12.3. The number of ether oxygens (including phenoxy) is 1. The van der Waals surface area contributed by atoms with E-state index in [2.05, 4.69) is 6.92 Å². The lowest BCUT2D eigenvalue weighted by molar-refractivity contribution is 0.00540. The van der Waals surface area contributed by atoms with Crippen LogP contribution in [0.3, 0.4) is 0 Å². The molecule has 1 atom stereocenters. The Balaban J connectivity index is 1.89. The summed E-state index contributed by atoms with van der Waals surface area (Å²) in [4.78, 5) is 13.9. The Morgan fingerprint density at radius 2 is 1.83 bits per heavy atom. The molecule has 18 heavy (non-hydrogen) atoms. The largest absolute Gasteiger partial charge is 0.444 e. The SMILES string of the molecule is CC1CCCC12CCN(C(=O)OC(C)(C)C)CC2. The lowest BCUT2D eigenvalue weighted by atomic mass is 9.71. The normalized spacial score (nSPS) is 27.6. The molecule has 0 aromatic heterocycles. The molecular weight excluding hydrogens is 226 g/mol. The van der Waals surface area contributed by atoms with E-state index in [1.54, 1.807) is 0 Å². The molecule has 1 heterocycles. The molecule has 1 aliphatic heterocycles. The van der Waals surface area contributed by atoms with Gasteiger partial charge in [-0.05, 0) is 51.4 Å². The minimum atomic E-state index is -0.382. The zero-order chi connectivity index (χ0) is 13.4. The first-order valence-corrected chi connectivity index (χ1v) is 7.30. The Morgan fingerprint density at radius 3 is 2.28 bits per heavy atom. The third-order valence-electron chi connectivity index (χ3n) is 4.77. The molecule has 3 heteroatoms. The number of hydrogen-bond acceptors (Lipinski definition) is 2. The van der Waals surface area contributed by atoms with Crippen molar-refractivity contribution >= 4 is 6.09 Å². The van der Waals surface area contributed by atoms with Crippen LogP contribution in [0.2, 0.25) is 0 Å². The Kier molecular flexibility index (Phi) is 3.61. The molecule has 3 nitrogen and oxygen atoms in total. The van der Waals surface area contributed by atoms with E-state index in [0.717, 1.165) is 31.8 Å². The van der Waals surface area contributed by atoms with E-state index in [1.807, 2.05) is 25.7 Å². The van der Waals surface area contributed by atoms with Gasteiger partial charge >= 0.3 is 6.09 Å². The minimum Gasteiger partial charge on any atom is -0.444 e. The summed E-state index contributed by atoms with van der Waals surface area (Å²) in [6.07, 6.45) is 6.28. The molecule has 104 valence electrons. The van der Waals surface area contributed by atoms with E-state index in [9.17, 15) is 4.79 Å². The molecule has 0 radical (unpaired) electrons. The molecule has 1 spiro atoms. The van der Waals surface area contributed by atoms with Gasteiger partial charge in [0, 0.05) is 13.1 Å². The quantitative estimate of drug-likeness (QED) is 0.656. The van der Waals surface area contributed by atoms with Crippen molar-refractivity contribution in [2.75, 3.05) is 13.1 Å². The van der Waals surface area contributed by atoms with Crippen LogP contribution < -0.4 is 0 Å². The van der Waals surface area contributed by atoms with Gasteiger partial charge in [0.25, 0.3) is 0 Å². The zero-order valence-corrected chi connectivity index (χ0v) is 12.3. The van der Waals surface area contributed by atoms with E-state index in [1.165, 1.54) is 19.3 Å². The second-order valence-corrected chi connectivity index (χ2v) is 7.12. The predicted octanol–water partition coefficient (Wildman–Crippen LogP) is 3.82. The molecule has 0 bridgehead atoms. The van der Waals surface area contributed by atoms with Crippen LogP contribution in [0.4, 0.5) is 4.79 Å². The Morgan fingerprint density at radius 1 is 1.22 bits per heavy atom. The lowest BCUT2D eigenvalue weighted by Gasteiger charge is -2.42. The van der Waals surface area contributed by atoms with Gasteiger partial charge in [0.1, 0.15) is 5.60 Å². The van der Waals surface area contributed by atoms with Crippen LogP contribution in [0.5, 0.6) is 0 Å². The van der Waals surface area contributed by atoms with Crippen LogP contribution in [0, 0.1) is 11.3 Å². The van der Waals surface area contributed by atoms with Crippen LogP contribution in [-0.4, -0.2) is 29.7 Å². The monoisotopic (exact) mass is 253 g/mol. The first kappa shape index (κ1) is 13.7. The van der Waals surface area contributed by atoms with Crippen LogP contribution in [0.15, 0.2) is 0 Å². The van der Waals surface area contributed by atoms with E-state index in [4.69, 9.17) is 4.74 Å². The molecule has 0 aromatic rings. The van der Waals surface area contributed by atoms with Crippen molar-refractivity contribution in [3.63, 3.8) is 0 Å². The number of piperidine rings is 1. The molecule has 2 fully saturated rings. The van der Waals surface area contributed by atoms with E-state index in [-0.39, 0.29) is 11.7 Å². The standard InChI is InChI=1S/C15H27NO2/c1-12-6-5-7-15(12)8-10-16(11-9-15)13(17)18-14(2,3)4/h12H,5-11H2,1-4H3. The predicted molar refractivity (Wildman–Crippen MR) is 72.5 cm³/mol. The van der Waals surface area contributed by atoms with Gasteiger partial charge in [0.05, 0.1) is 0 Å². The highest BCUT2D eigenvalue weighted by atomic mass is 16.6. The number of rotatable bonds is 0. The first-order chi connectivity index (χ1) is 8.32. The molecule has 2 aliphatic rings. The summed E-state index contributed by atoms with van der Waals surface area (Å²) in [7, 11) is 0. The fraction of sp³-hybridized carbons (Fsp3) is 0.933. The van der Waals surface area contributed by atoms with Gasteiger partial charge in [-0.3, -0.25) is 0 Å². The van der Waals surface area contributed by atoms with Crippen molar-refractivity contribution in [1.82, 2.24) is 4.90 Å². The first-order valence-electron chi connectivity index (χ1n) is 7.30. The van der Waals surface area contributed by atoms with Crippen molar-refractivity contribution in [2.45, 2.75) is 65.4 Å². The van der Waals surface area contributed by atoms with Crippen LogP contribution >= 0.6 is 0 Å². The molecule has 1 aliphatic carbocycles. The van der Waals surface area contributed by atoms with Gasteiger partial charge in [-0.25, -0.2) is 4.79 Å². The number of likely N-dealkylation sites (tertiary alicyclic amines) is 1. The Labute approximate surface area is 111 Å². The summed E-state index contributed by atoms with van der Waals surface area (Å²) in [6, 6.07) is 0. The van der Waals surface area contributed by atoms with Crippen molar-refractivity contribution in [3.05, 3.63) is 0 Å². The molecule has 0 aromatic carbocycles. The lowest BCUT2D eigenvalue weighted by Crippen LogP contribution is -2.45. The highest BCUT2D eigenvalue weighted by Crippen LogP contribution is 2.50. The Hall–Kier alpha value is -0.730. The molecule has 0 N–H and O–H groups in total. The van der Waals surface area contributed by atoms with Gasteiger partial charge in [-0.2, -0.15) is 0 Å². The van der Waals surface area contributed by atoms with Crippen LogP contribution in [0.1, 0.15) is 59.8 Å². The summed E-state index contributed by atoms with van der Waals surface area (Å²) in [6.45, 7) is 9.91. The maximum atomic E-state index is 12.0. The maximum absolute atomic E-state index is 12.0. The Bertz CT molecular complexity index is 311. The average Bonchev–Trinajstić information content (AvgIpc) is 2.59. The molecular formula is C15H27NO2. The summed E-state index contributed by atoms with van der Waals surface area (Å²) in [5.41, 5.74) is 0.144. The highest BCUT2D eigenvalue weighted by molar-refractivity contribution is 5.68. The van der Waals surface area contributed by atoms with Crippen molar-refractivity contribution in [3.8, 4) is 0 Å². The molecule has 1 amide bonds. The van der Waals surface area contributed by atoms with Gasteiger partial charge in [-0.15, -0.1) is 0 Å². The summed E-state index contributed by atoms with van der Waals surface area (Å²) < 4.78 is 5.44. The molecule has 1 unspecified atom stereocenters. The topological polar surface area (TPSA) is 29.5 Å². The number of carbonyl (C=O) groups excluding carboxylic acids is 1. The van der Waals surface area contributed by atoms with Crippen molar-refractivity contribution in [2.24, 2.45) is 11.3 Å². The molecule has 1 saturated heterocycles. The summed E-state index contributed by atoms with van der Waals surface area (Å²) >= 11 is 0. The van der Waals surface area contributed by atoms with Crippen LogP contribution in [0.25, 0.3) is 0 Å². The van der Waals surface area contributed by atoms with Crippen molar-refractivity contribution < 1.29 is 9.53 Å². The second-order valence-electron chi connectivity index (χ2n) is 7.12. The number of carbonyl (C=O) groups is 1. The molecule has 2 rings (SSSR count). The van der Waals surface area contributed by atoms with Gasteiger partial charge in [-0.1, -0.05) is 19.8 Å². The van der Waals surface area contributed by atoms with E-state index in [0.29, 0.717) is 5.41 Å². The second kappa shape index (κ2) is 4.75. The summed E-state index contributed by atoms with van der Waals surface area (Å²) in [5, 5.41) is 0. The molecule has 1 saturated carbocycles. The third kappa shape index (κ3) is 2.81. The third-order valence-corrected chi connectivity index (χ3v) is 4.77. The smallest absolute Gasteiger partial charge is 0.410 e. The number of nitrogens with zero attached hydrogens (tertiary/aromatic N) is 1. The number of hydrogen-bond donors (Lipinski definition) is 0. The number of amides is 1. The van der Waals surface area contributed by atoms with Gasteiger partial charge in [0.15, 0.2) is 0 Å².